The van der Waals surface area contributed by atoms with E-state index in [1.54, 1.807) is 27.9 Å². The highest BCUT2D eigenvalue weighted by Crippen LogP contribution is 2.21. The molecule has 0 saturated carbocycles. The summed E-state index contributed by atoms with van der Waals surface area (Å²) in [5, 5.41) is 13.9. The number of aryl methyl sites for hydroxylation is 1. The summed E-state index contributed by atoms with van der Waals surface area (Å²) in [6.45, 7) is 3.05. The number of piperidine rings is 1. The number of aromatic nitrogens is 2. The van der Waals surface area contributed by atoms with Crippen LogP contribution in [0.25, 0.3) is 6.08 Å². The first-order chi connectivity index (χ1) is 8.48. The summed E-state index contributed by atoms with van der Waals surface area (Å²) in [5.74, 6) is -0.00769. The van der Waals surface area contributed by atoms with Crippen molar-refractivity contribution in [2.45, 2.75) is 25.4 Å². The van der Waals surface area contributed by atoms with Crippen LogP contribution in [-0.2, 0) is 11.8 Å². The van der Waals surface area contributed by atoms with Gasteiger partial charge in [-0.15, -0.1) is 0 Å². The first kappa shape index (κ1) is 12.8. The van der Waals surface area contributed by atoms with Crippen molar-refractivity contribution >= 4 is 12.0 Å². The van der Waals surface area contributed by atoms with E-state index in [2.05, 4.69) is 5.10 Å². The van der Waals surface area contributed by atoms with Gasteiger partial charge in [0.25, 0.3) is 0 Å². The third-order valence-corrected chi connectivity index (χ3v) is 3.41. The maximum absolute atomic E-state index is 11.9. The van der Waals surface area contributed by atoms with Crippen LogP contribution in [0, 0.1) is 0 Å². The zero-order valence-corrected chi connectivity index (χ0v) is 10.8. The zero-order chi connectivity index (χ0) is 13.2. The van der Waals surface area contributed by atoms with Gasteiger partial charge in [0.05, 0.1) is 11.3 Å². The van der Waals surface area contributed by atoms with Crippen molar-refractivity contribution in [1.82, 2.24) is 14.7 Å². The average molecular weight is 249 g/mol. The van der Waals surface area contributed by atoms with Gasteiger partial charge in [-0.25, -0.2) is 0 Å². The van der Waals surface area contributed by atoms with E-state index in [1.807, 2.05) is 20.0 Å². The summed E-state index contributed by atoms with van der Waals surface area (Å²) in [7, 11) is 1.84. The maximum atomic E-state index is 11.9. The molecule has 0 spiro atoms. The van der Waals surface area contributed by atoms with E-state index in [0.29, 0.717) is 25.9 Å². The summed E-state index contributed by atoms with van der Waals surface area (Å²) < 4.78 is 1.71. The Kier molecular flexibility index (Phi) is 3.52. The summed E-state index contributed by atoms with van der Waals surface area (Å²) in [6, 6.07) is 1.85. The minimum absolute atomic E-state index is 0.00769. The van der Waals surface area contributed by atoms with Crippen LogP contribution in [0.3, 0.4) is 0 Å². The van der Waals surface area contributed by atoms with Gasteiger partial charge in [-0.05, 0) is 31.9 Å². The van der Waals surface area contributed by atoms with Crippen LogP contribution in [0.2, 0.25) is 0 Å². The van der Waals surface area contributed by atoms with E-state index >= 15 is 0 Å². The van der Waals surface area contributed by atoms with Crippen molar-refractivity contribution in [3.05, 3.63) is 24.0 Å². The second-order valence-electron chi connectivity index (χ2n) is 5.04. The molecule has 0 radical (unpaired) electrons. The fourth-order valence-corrected chi connectivity index (χ4v) is 2.02. The first-order valence-electron chi connectivity index (χ1n) is 6.15. The smallest absolute Gasteiger partial charge is 0.246 e. The number of likely N-dealkylation sites (tertiary alicyclic amines) is 1. The minimum Gasteiger partial charge on any atom is -0.390 e. The van der Waals surface area contributed by atoms with Crippen molar-refractivity contribution < 1.29 is 9.90 Å². The predicted octanol–water partition coefficient (Wildman–Crippen LogP) is 0.807. The van der Waals surface area contributed by atoms with Crippen molar-refractivity contribution in [3.63, 3.8) is 0 Å². The van der Waals surface area contributed by atoms with Crippen LogP contribution in [0.1, 0.15) is 25.5 Å². The molecule has 2 rings (SSSR count). The van der Waals surface area contributed by atoms with E-state index < -0.39 is 5.60 Å². The van der Waals surface area contributed by atoms with Crippen LogP contribution >= 0.6 is 0 Å². The normalized spacial score (nSPS) is 19.4. The molecule has 0 atom stereocenters. The van der Waals surface area contributed by atoms with Gasteiger partial charge in [0.15, 0.2) is 0 Å². The predicted molar refractivity (Wildman–Crippen MR) is 68.7 cm³/mol. The van der Waals surface area contributed by atoms with Crippen LogP contribution in [0.4, 0.5) is 0 Å². The molecule has 98 valence electrons. The van der Waals surface area contributed by atoms with Gasteiger partial charge in [0, 0.05) is 32.4 Å². The highest BCUT2D eigenvalue weighted by molar-refractivity contribution is 5.91. The lowest BCUT2D eigenvalue weighted by Gasteiger charge is -2.35. The third-order valence-electron chi connectivity index (χ3n) is 3.41. The van der Waals surface area contributed by atoms with Crippen molar-refractivity contribution in [2.24, 2.45) is 7.05 Å². The van der Waals surface area contributed by atoms with E-state index in [-0.39, 0.29) is 5.91 Å². The Labute approximate surface area is 107 Å². The van der Waals surface area contributed by atoms with Crippen LogP contribution < -0.4 is 0 Å². The molecule has 1 aliphatic heterocycles. The molecule has 0 aliphatic carbocycles. The van der Waals surface area contributed by atoms with Crippen molar-refractivity contribution in [3.8, 4) is 0 Å². The second kappa shape index (κ2) is 4.94. The Balaban J connectivity index is 1.93. The van der Waals surface area contributed by atoms with Crippen LogP contribution in [-0.4, -0.2) is 44.4 Å². The van der Waals surface area contributed by atoms with Gasteiger partial charge >= 0.3 is 0 Å². The molecule has 1 saturated heterocycles. The van der Waals surface area contributed by atoms with Gasteiger partial charge in [0.2, 0.25) is 5.91 Å². The fourth-order valence-electron chi connectivity index (χ4n) is 2.02. The summed E-state index contributed by atoms with van der Waals surface area (Å²) in [4.78, 5) is 13.7. The quantitative estimate of drug-likeness (QED) is 0.789. The molecule has 2 heterocycles. The van der Waals surface area contributed by atoms with E-state index in [9.17, 15) is 9.90 Å². The molecular formula is C13H19N3O2. The Morgan fingerprint density at radius 3 is 2.72 bits per heavy atom. The number of hydrogen-bond acceptors (Lipinski definition) is 3. The fraction of sp³-hybridized carbons (Fsp3) is 0.538. The molecule has 1 amide bonds. The number of hydrogen-bond donors (Lipinski definition) is 1. The molecule has 1 aromatic rings. The lowest BCUT2D eigenvalue weighted by atomic mass is 9.94. The average Bonchev–Trinajstić information content (AvgIpc) is 2.72. The van der Waals surface area contributed by atoms with Gasteiger partial charge in [0.1, 0.15) is 0 Å². The highest BCUT2D eigenvalue weighted by atomic mass is 16.3. The third kappa shape index (κ3) is 2.98. The lowest BCUT2D eigenvalue weighted by molar-refractivity contribution is -0.129. The molecule has 1 aliphatic rings. The Morgan fingerprint density at radius 2 is 2.17 bits per heavy atom. The van der Waals surface area contributed by atoms with Crippen molar-refractivity contribution in [1.29, 1.82) is 0 Å². The van der Waals surface area contributed by atoms with Crippen LogP contribution in [0.5, 0.6) is 0 Å². The van der Waals surface area contributed by atoms with E-state index in [1.165, 1.54) is 0 Å². The van der Waals surface area contributed by atoms with E-state index in [4.69, 9.17) is 0 Å². The van der Waals surface area contributed by atoms with Crippen molar-refractivity contribution in [2.75, 3.05) is 13.1 Å². The molecule has 0 unspecified atom stereocenters. The number of amides is 1. The maximum Gasteiger partial charge on any atom is 0.246 e. The molecule has 1 aromatic heterocycles. The molecule has 0 aromatic carbocycles. The number of rotatable bonds is 2. The molecule has 0 bridgehead atoms. The summed E-state index contributed by atoms with van der Waals surface area (Å²) in [5.41, 5.74) is 0.273. The standard InChI is InChI=1S/C13H19N3O2/c1-13(18)6-9-16(10-7-13)12(17)4-3-11-5-8-14-15(11)2/h3-5,8,18H,6-7,9-10H2,1-2H3/b4-3+. The molecule has 5 heteroatoms. The summed E-state index contributed by atoms with van der Waals surface area (Å²) >= 11 is 0. The number of carbonyl (C=O) groups is 1. The minimum atomic E-state index is -0.622. The Hall–Kier alpha value is -1.62. The van der Waals surface area contributed by atoms with Crippen LogP contribution in [0.15, 0.2) is 18.3 Å². The summed E-state index contributed by atoms with van der Waals surface area (Å²) in [6.07, 6.45) is 6.30. The first-order valence-corrected chi connectivity index (χ1v) is 6.15. The Bertz CT molecular complexity index is 453. The highest BCUT2D eigenvalue weighted by Gasteiger charge is 2.28. The monoisotopic (exact) mass is 249 g/mol. The molecular weight excluding hydrogens is 230 g/mol. The van der Waals surface area contributed by atoms with E-state index in [0.717, 1.165) is 5.69 Å². The lowest BCUT2D eigenvalue weighted by Crippen LogP contribution is -2.44. The number of aliphatic hydroxyl groups is 1. The SMILES string of the molecule is Cn1nccc1/C=C/C(=O)N1CCC(C)(O)CC1. The molecule has 1 N–H and O–H groups in total. The van der Waals surface area contributed by atoms with Gasteiger partial charge in [-0.2, -0.15) is 5.10 Å². The van der Waals surface area contributed by atoms with Gasteiger partial charge in [-0.1, -0.05) is 0 Å². The molecule has 5 nitrogen and oxygen atoms in total. The van der Waals surface area contributed by atoms with Gasteiger partial charge < -0.3 is 10.0 Å². The topological polar surface area (TPSA) is 58.4 Å². The molecule has 1 fully saturated rings. The Morgan fingerprint density at radius 1 is 1.50 bits per heavy atom. The largest absolute Gasteiger partial charge is 0.390 e. The zero-order valence-electron chi connectivity index (χ0n) is 10.8. The number of nitrogens with zero attached hydrogens (tertiary/aromatic N) is 3. The molecule has 18 heavy (non-hydrogen) atoms. The second-order valence-corrected chi connectivity index (χ2v) is 5.04. The number of carbonyl (C=O) groups excluding carboxylic acids is 1. The van der Waals surface area contributed by atoms with Gasteiger partial charge in [-0.3, -0.25) is 9.48 Å².